The van der Waals surface area contributed by atoms with E-state index in [1.54, 1.807) is 12.1 Å². The first-order valence-electron chi connectivity index (χ1n) is 10.5. The zero-order valence-corrected chi connectivity index (χ0v) is 17.9. The maximum absolute atomic E-state index is 11.9. The summed E-state index contributed by atoms with van der Waals surface area (Å²) < 4.78 is 10.8. The highest BCUT2D eigenvalue weighted by molar-refractivity contribution is 5.94. The fourth-order valence-corrected chi connectivity index (χ4v) is 4.38. The van der Waals surface area contributed by atoms with Crippen LogP contribution in [0.25, 0.3) is 10.9 Å². The molecule has 0 radical (unpaired) electrons. The number of anilines is 2. The second-order valence-electron chi connectivity index (χ2n) is 8.25. The molecule has 0 unspecified atom stereocenters. The van der Waals surface area contributed by atoms with E-state index in [2.05, 4.69) is 39.3 Å². The summed E-state index contributed by atoms with van der Waals surface area (Å²) >= 11 is 0. The number of hydrogen-bond donors (Lipinski definition) is 2. The average Bonchev–Trinajstić information content (AvgIpc) is 3.24. The maximum Gasteiger partial charge on any atom is 0.293 e. The van der Waals surface area contributed by atoms with Gasteiger partial charge in [0.15, 0.2) is 11.5 Å². The van der Waals surface area contributed by atoms with Crippen LogP contribution in [0.5, 0.6) is 11.5 Å². The van der Waals surface area contributed by atoms with Crippen LogP contribution in [0.15, 0.2) is 36.7 Å². The van der Waals surface area contributed by atoms with E-state index < -0.39 is 0 Å². The molecule has 0 bridgehead atoms. The number of nitro groups is 1. The minimum atomic E-state index is -0.333. The maximum atomic E-state index is 11.9. The summed E-state index contributed by atoms with van der Waals surface area (Å²) in [6.45, 7) is 6.24. The van der Waals surface area contributed by atoms with Gasteiger partial charge in [0.05, 0.1) is 10.4 Å². The van der Waals surface area contributed by atoms with E-state index >= 15 is 0 Å². The molecule has 1 aromatic heterocycles. The van der Waals surface area contributed by atoms with Crippen molar-refractivity contribution in [2.24, 2.45) is 0 Å². The number of benzene rings is 2. The number of rotatable bonds is 5. The third-order valence-electron chi connectivity index (χ3n) is 5.72. The number of nitro benzene ring substituents is 1. The lowest BCUT2D eigenvalue weighted by atomic mass is 10.1. The van der Waals surface area contributed by atoms with Gasteiger partial charge in [-0.2, -0.15) is 0 Å². The molecule has 0 spiro atoms. The van der Waals surface area contributed by atoms with Gasteiger partial charge in [0, 0.05) is 43.2 Å². The van der Waals surface area contributed by atoms with Crippen LogP contribution >= 0.6 is 0 Å². The number of hydrogen-bond acceptors (Lipinski definition) is 9. The Morgan fingerprint density at radius 1 is 1.16 bits per heavy atom. The number of fused-ring (bicyclic) bond motifs is 2. The van der Waals surface area contributed by atoms with Gasteiger partial charge in [-0.25, -0.2) is 9.97 Å². The Hall–Kier alpha value is -3.66. The molecule has 2 aliphatic heterocycles. The number of ether oxygens (including phenoxy) is 2. The molecule has 10 heteroatoms. The van der Waals surface area contributed by atoms with Crippen LogP contribution in [0.2, 0.25) is 0 Å². The summed E-state index contributed by atoms with van der Waals surface area (Å²) in [7, 11) is 0. The first kappa shape index (κ1) is 20.3. The van der Waals surface area contributed by atoms with E-state index in [4.69, 9.17) is 9.47 Å². The molecular formula is C22H24N6O4. The fourth-order valence-electron chi connectivity index (χ4n) is 4.38. The molecule has 2 aromatic carbocycles. The van der Waals surface area contributed by atoms with Crippen molar-refractivity contribution in [1.82, 2.24) is 15.3 Å². The molecule has 3 aromatic rings. The van der Waals surface area contributed by atoms with Crippen molar-refractivity contribution in [2.75, 3.05) is 30.1 Å². The summed E-state index contributed by atoms with van der Waals surface area (Å²) in [5.74, 6) is 1.97. The molecule has 0 aliphatic carbocycles. The van der Waals surface area contributed by atoms with Crippen molar-refractivity contribution in [1.29, 1.82) is 0 Å². The summed E-state index contributed by atoms with van der Waals surface area (Å²) in [5, 5.41) is 19.3. The number of piperazine rings is 1. The summed E-state index contributed by atoms with van der Waals surface area (Å²) in [6.07, 6.45) is 1.48. The standard InChI is InChI=1S/C22H24N6O4/c1-13-9-27(10-14(2)26-13)18-7-17-16(6-19(18)28(29)30)22(25-11-24-17)23-8-15-3-4-20-21(5-15)32-12-31-20/h3-7,11,13-14,26H,8-10,12H2,1-2H3,(H,23,24,25)/t13-,14+. The second-order valence-corrected chi connectivity index (χ2v) is 8.25. The third kappa shape index (κ3) is 3.84. The van der Waals surface area contributed by atoms with Crippen LogP contribution in [-0.4, -0.2) is 46.9 Å². The van der Waals surface area contributed by atoms with E-state index in [1.165, 1.54) is 6.33 Å². The summed E-state index contributed by atoms with van der Waals surface area (Å²) in [6, 6.07) is 9.56. The quantitative estimate of drug-likeness (QED) is 0.460. The Balaban J connectivity index is 1.47. The Kier molecular flexibility index (Phi) is 5.14. The van der Waals surface area contributed by atoms with Gasteiger partial charge in [-0.05, 0) is 37.6 Å². The van der Waals surface area contributed by atoms with Gasteiger partial charge in [0.1, 0.15) is 17.8 Å². The van der Waals surface area contributed by atoms with Gasteiger partial charge in [-0.1, -0.05) is 6.07 Å². The SMILES string of the molecule is C[C@@H]1CN(c2cc3ncnc(NCc4ccc5c(c4)OCO5)c3cc2[N+](=O)[O-])C[C@H](C)N1. The predicted octanol–water partition coefficient (Wildman–Crippen LogP) is 3.07. The first-order valence-corrected chi connectivity index (χ1v) is 10.5. The zero-order chi connectivity index (χ0) is 22.2. The molecule has 1 fully saturated rings. The second kappa shape index (κ2) is 8.12. The highest BCUT2D eigenvalue weighted by atomic mass is 16.7. The van der Waals surface area contributed by atoms with E-state index in [-0.39, 0.29) is 29.5 Å². The predicted molar refractivity (Wildman–Crippen MR) is 120 cm³/mol. The minimum absolute atomic E-state index is 0.0553. The van der Waals surface area contributed by atoms with Crippen molar-refractivity contribution in [2.45, 2.75) is 32.5 Å². The van der Waals surface area contributed by atoms with Crippen molar-refractivity contribution >= 4 is 28.1 Å². The van der Waals surface area contributed by atoms with Gasteiger partial charge >= 0.3 is 0 Å². The fraction of sp³-hybridized carbons (Fsp3) is 0.364. The lowest BCUT2D eigenvalue weighted by Gasteiger charge is -2.37. The molecule has 3 heterocycles. The Morgan fingerprint density at radius 3 is 2.72 bits per heavy atom. The molecule has 10 nitrogen and oxygen atoms in total. The van der Waals surface area contributed by atoms with E-state index in [1.807, 2.05) is 18.2 Å². The van der Waals surface area contributed by atoms with E-state index in [9.17, 15) is 10.1 Å². The van der Waals surface area contributed by atoms with Crippen LogP contribution in [0.4, 0.5) is 17.2 Å². The molecule has 0 saturated carbocycles. The van der Waals surface area contributed by atoms with E-state index in [0.29, 0.717) is 47.8 Å². The number of nitrogens with zero attached hydrogens (tertiary/aromatic N) is 4. The Morgan fingerprint density at radius 2 is 1.94 bits per heavy atom. The first-order chi connectivity index (χ1) is 15.5. The Bertz CT molecular complexity index is 1180. The molecule has 5 rings (SSSR count). The number of aromatic nitrogens is 2. The van der Waals surface area contributed by atoms with Crippen LogP contribution in [0.1, 0.15) is 19.4 Å². The lowest BCUT2D eigenvalue weighted by molar-refractivity contribution is -0.384. The topological polar surface area (TPSA) is 115 Å². The van der Waals surface area contributed by atoms with Crippen molar-refractivity contribution in [3.63, 3.8) is 0 Å². The van der Waals surface area contributed by atoms with Crippen LogP contribution in [0.3, 0.4) is 0 Å². The molecule has 1 saturated heterocycles. The molecular weight excluding hydrogens is 412 g/mol. The average molecular weight is 436 g/mol. The molecule has 2 atom stereocenters. The van der Waals surface area contributed by atoms with Gasteiger partial charge < -0.3 is 25.0 Å². The van der Waals surface area contributed by atoms with Gasteiger partial charge in [-0.15, -0.1) is 0 Å². The van der Waals surface area contributed by atoms with Crippen LogP contribution in [0, 0.1) is 10.1 Å². The van der Waals surface area contributed by atoms with Crippen molar-refractivity contribution in [3.8, 4) is 11.5 Å². The van der Waals surface area contributed by atoms with Gasteiger partial charge in [0.25, 0.3) is 5.69 Å². The summed E-state index contributed by atoms with van der Waals surface area (Å²) in [4.78, 5) is 22.4. The molecule has 0 amide bonds. The van der Waals surface area contributed by atoms with Gasteiger partial charge in [-0.3, -0.25) is 10.1 Å². The number of nitrogens with one attached hydrogen (secondary N) is 2. The van der Waals surface area contributed by atoms with Crippen LogP contribution < -0.4 is 25.0 Å². The minimum Gasteiger partial charge on any atom is -0.454 e. The molecule has 2 aliphatic rings. The molecule has 2 N–H and O–H groups in total. The summed E-state index contributed by atoms with van der Waals surface area (Å²) in [5.41, 5.74) is 2.28. The van der Waals surface area contributed by atoms with Crippen molar-refractivity contribution < 1.29 is 14.4 Å². The zero-order valence-electron chi connectivity index (χ0n) is 17.9. The highest BCUT2D eigenvalue weighted by Crippen LogP contribution is 2.36. The molecule has 32 heavy (non-hydrogen) atoms. The monoisotopic (exact) mass is 436 g/mol. The third-order valence-corrected chi connectivity index (χ3v) is 5.72. The largest absolute Gasteiger partial charge is 0.454 e. The van der Waals surface area contributed by atoms with E-state index in [0.717, 1.165) is 11.3 Å². The highest BCUT2D eigenvalue weighted by Gasteiger charge is 2.28. The lowest BCUT2D eigenvalue weighted by Crippen LogP contribution is -2.54. The normalized spacial score (nSPS) is 19.9. The smallest absolute Gasteiger partial charge is 0.293 e. The van der Waals surface area contributed by atoms with Crippen LogP contribution in [-0.2, 0) is 6.54 Å². The van der Waals surface area contributed by atoms with Gasteiger partial charge in [0.2, 0.25) is 6.79 Å². The Labute approximate surface area is 184 Å². The molecule has 166 valence electrons. The van der Waals surface area contributed by atoms with Crippen molar-refractivity contribution in [3.05, 3.63) is 52.3 Å².